The number of aromatic nitrogens is 2. The topological polar surface area (TPSA) is 70.2 Å². The molecule has 0 unspecified atom stereocenters. The second kappa shape index (κ2) is 10.2. The van der Waals surface area contributed by atoms with Crippen molar-refractivity contribution < 1.29 is 9.53 Å². The van der Waals surface area contributed by atoms with E-state index in [-0.39, 0.29) is 30.7 Å². The molecule has 0 aliphatic carbocycles. The summed E-state index contributed by atoms with van der Waals surface area (Å²) in [6.45, 7) is 1.38. The number of nitrogens with one attached hydrogen (secondary N) is 2. The molecule has 1 aromatic heterocycles. The van der Waals surface area contributed by atoms with Crippen molar-refractivity contribution >= 4 is 41.8 Å². The number of para-hydroxylation sites is 2. The second-order valence-electron chi connectivity index (χ2n) is 6.05. The summed E-state index contributed by atoms with van der Waals surface area (Å²) in [5.74, 6) is 1.30. The first-order valence-corrected chi connectivity index (χ1v) is 8.15. The van der Waals surface area contributed by atoms with Gasteiger partial charge in [0, 0.05) is 13.1 Å². The van der Waals surface area contributed by atoms with Gasteiger partial charge in [-0.05, 0) is 38.4 Å². The molecular weight excluding hydrogens is 387 g/mol. The number of aromatic amines is 1. The van der Waals surface area contributed by atoms with E-state index in [2.05, 4.69) is 15.3 Å². The first-order chi connectivity index (χ1) is 12.1. The van der Waals surface area contributed by atoms with Crippen molar-refractivity contribution in [3.63, 3.8) is 0 Å². The minimum atomic E-state index is -0.120. The molecule has 0 saturated heterocycles. The molecule has 2 N–H and O–H groups in total. The van der Waals surface area contributed by atoms with Crippen molar-refractivity contribution in [3.05, 3.63) is 48.0 Å². The number of benzene rings is 2. The number of hydrogen-bond donors (Lipinski definition) is 2. The number of H-pyrrole nitrogens is 1. The maximum atomic E-state index is 12.5. The average Bonchev–Trinajstić information content (AvgIpc) is 3.05. The molecular formula is C19H24Cl2N4O2. The van der Waals surface area contributed by atoms with E-state index in [1.54, 1.807) is 13.2 Å². The molecule has 146 valence electrons. The molecule has 6 nitrogen and oxygen atoms in total. The maximum Gasteiger partial charge on any atom is 0.253 e. The molecule has 1 heterocycles. The second-order valence-corrected chi connectivity index (χ2v) is 6.05. The molecule has 0 bridgehead atoms. The molecule has 3 rings (SSSR count). The SMILES string of the molecule is COc1ccccc1-c1nc2c(C(=O)NCCN(C)C)cccc2[nH]1.Cl.Cl. The average molecular weight is 411 g/mol. The number of rotatable bonds is 6. The predicted octanol–water partition coefficient (Wildman–Crippen LogP) is 3.37. The van der Waals surface area contributed by atoms with E-state index in [9.17, 15) is 4.79 Å². The van der Waals surface area contributed by atoms with Crippen LogP contribution in [0.1, 0.15) is 10.4 Å². The van der Waals surface area contributed by atoms with Gasteiger partial charge in [-0.15, -0.1) is 24.8 Å². The Morgan fingerprint density at radius 1 is 1.15 bits per heavy atom. The summed E-state index contributed by atoms with van der Waals surface area (Å²) < 4.78 is 5.41. The van der Waals surface area contributed by atoms with E-state index in [0.29, 0.717) is 23.4 Å². The van der Waals surface area contributed by atoms with Gasteiger partial charge in [0.2, 0.25) is 0 Å². The number of carbonyl (C=O) groups excluding carboxylic acids is 1. The first-order valence-electron chi connectivity index (χ1n) is 8.15. The van der Waals surface area contributed by atoms with Crippen LogP contribution in [0.3, 0.4) is 0 Å². The predicted molar refractivity (Wildman–Crippen MR) is 113 cm³/mol. The minimum Gasteiger partial charge on any atom is -0.496 e. The molecule has 0 saturated carbocycles. The van der Waals surface area contributed by atoms with Gasteiger partial charge in [-0.2, -0.15) is 0 Å². The van der Waals surface area contributed by atoms with Crippen molar-refractivity contribution in [2.24, 2.45) is 0 Å². The summed E-state index contributed by atoms with van der Waals surface area (Å²) in [5.41, 5.74) is 2.90. The van der Waals surface area contributed by atoms with E-state index in [4.69, 9.17) is 4.74 Å². The highest BCUT2D eigenvalue weighted by atomic mass is 35.5. The number of fused-ring (bicyclic) bond motifs is 1. The van der Waals surface area contributed by atoms with Gasteiger partial charge in [0.15, 0.2) is 0 Å². The molecule has 27 heavy (non-hydrogen) atoms. The van der Waals surface area contributed by atoms with Crippen molar-refractivity contribution in [1.82, 2.24) is 20.2 Å². The third-order valence-electron chi connectivity index (χ3n) is 3.96. The van der Waals surface area contributed by atoms with Crippen LogP contribution in [-0.4, -0.2) is 55.1 Å². The smallest absolute Gasteiger partial charge is 0.253 e. The minimum absolute atomic E-state index is 0. The molecule has 3 aromatic rings. The summed E-state index contributed by atoms with van der Waals surface area (Å²) in [6, 6.07) is 13.2. The van der Waals surface area contributed by atoms with Crippen LogP contribution in [0.2, 0.25) is 0 Å². The van der Waals surface area contributed by atoms with E-state index in [1.165, 1.54) is 0 Å². The van der Waals surface area contributed by atoms with Crippen LogP contribution in [0.15, 0.2) is 42.5 Å². The fourth-order valence-electron chi connectivity index (χ4n) is 2.67. The van der Waals surface area contributed by atoms with Crippen LogP contribution in [-0.2, 0) is 0 Å². The summed E-state index contributed by atoms with van der Waals surface area (Å²) in [5, 5.41) is 2.93. The molecule has 0 aliphatic heterocycles. The number of carbonyl (C=O) groups is 1. The maximum absolute atomic E-state index is 12.5. The van der Waals surface area contributed by atoms with Gasteiger partial charge in [-0.1, -0.05) is 18.2 Å². The van der Waals surface area contributed by atoms with Crippen LogP contribution in [0, 0.1) is 0 Å². The quantitative estimate of drug-likeness (QED) is 0.653. The summed E-state index contributed by atoms with van der Waals surface area (Å²) in [7, 11) is 5.57. The van der Waals surface area contributed by atoms with Crippen LogP contribution in [0.5, 0.6) is 5.75 Å². The largest absolute Gasteiger partial charge is 0.496 e. The number of methoxy groups -OCH3 is 1. The fraction of sp³-hybridized carbons (Fsp3) is 0.263. The van der Waals surface area contributed by atoms with Crippen LogP contribution >= 0.6 is 24.8 Å². The zero-order chi connectivity index (χ0) is 17.8. The number of hydrogen-bond acceptors (Lipinski definition) is 4. The third-order valence-corrected chi connectivity index (χ3v) is 3.96. The highest BCUT2D eigenvalue weighted by molar-refractivity contribution is 6.05. The Balaban J connectivity index is 0.00000182. The fourth-order valence-corrected chi connectivity index (χ4v) is 2.67. The molecule has 8 heteroatoms. The van der Waals surface area contributed by atoms with E-state index in [1.807, 2.05) is 55.4 Å². The summed E-state index contributed by atoms with van der Waals surface area (Å²) in [4.78, 5) is 22.4. The van der Waals surface area contributed by atoms with Crippen molar-refractivity contribution in [3.8, 4) is 17.1 Å². The number of imidazole rings is 1. The van der Waals surface area contributed by atoms with Gasteiger partial charge in [-0.3, -0.25) is 4.79 Å². The number of amides is 1. The highest BCUT2D eigenvalue weighted by Crippen LogP contribution is 2.29. The lowest BCUT2D eigenvalue weighted by Gasteiger charge is -2.10. The Morgan fingerprint density at radius 2 is 1.89 bits per heavy atom. The number of likely N-dealkylation sites (N-methyl/N-ethyl adjacent to an activating group) is 1. The van der Waals surface area contributed by atoms with Gasteiger partial charge in [0.05, 0.1) is 23.8 Å². The van der Waals surface area contributed by atoms with Crippen LogP contribution in [0.4, 0.5) is 0 Å². The normalized spacial score (nSPS) is 10.2. The van der Waals surface area contributed by atoms with Crippen molar-refractivity contribution in [1.29, 1.82) is 0 Å². The highest BCUT2D eigenvalue weighted by Gasteiger charge is 2.15. The Kier molecular flexibility index (Phi) is 8.56. The standard InChI is InChI=1S/C19H22N4O2.2ClH/c1-23(2)12-11-20-19(24)14-8-6-9-15-17(14)22-18(21-15)13-7-4-5-10-16(13)25-3;;/h4-10H,11-12H2,1-3H3,(H,20,24)(H,21,22);2*1H. The lowest BCUT2D eigenvalue weighted by molar-refractivity contribution is 0.0952. The van der Waals surface area contributed by atoms with E-state index >= 15 is 0 Å². The van der Waals surface area contributed by atoms with E-state index in [0.717, 1.165) is 23.4 Å². The van der Waals surface area contributed by atoms with E-state index < -0.39 is 0 Å². The first kappa shape index (κ1) is 22.8. The zero-order valence-electron chi connectivity index (χ0n) is 15.5. The number of halogens is 2. The molecule has 2 aromatic carbocycles. The molecule has 0 radical (unpaired) electrons. The third kappa shape index (κ3) is 5.13. The molecule has 0 fully saturated rings. The van der Waals surface area contributed by atoms with Gasteiger partial charge >= 0.3 is 0 Å². The Labute approximate surface area is 171 Å². The number of nitrogens with zero attached hydrogens (tertiary/aromatic N) is 2. The number of ether oxygens (including phenoxy) is 1. The molecule has 0 aliphatic rings. The monoisotopic (exact) mass is 410 g/mol. The molecule has 0 atom stereocenters. The molecule has 0 spiro atoms. The van der Waals surface area contributed by atoms with Gasteiger partial charge in [0.25, 0.3) is 5.91 Å². The van der Waals surface area contributed by atoms with Crippen molar-refractivity contribution in [2.75, 3.05) is 34.3 Å². The Morgan fingerprint density at radius 3 is 2.59 bits per heavy atom. The zero-order valence-corrected chi connectivity index (χ0v) is 17.1. The summed E-state index contributed by atoms with van der Waals surface area (Å²) in [6.07, 6.45) is 0. The lowest BCUT2D eigenvalue weighted by Crippen LogP contribution is -2.31. The van der Waals surface area contributed by atoms with Crippen LogP contribution < -0.4 is 10.1 Å². The van der Waals surface area contributed by atoms with Gasteiger partial charge in [0.1, 0.15) is 17.1 Å². The van der Waals surface area contributed by atoms with Crippen molar-refractivity contribution in [2.45, 2.75) is 0 Å². The van der Waals surface area contributed by atoms with Gasteiger partial charge in [-0.25, -0.2) is 4.98 Å². The van der Waals surface area contributed by atoms with Crippen LogP contribution in [0.25, 0.3) is 22.4 Å². The summed E-state index contributed by atoms with van der Waals surface area (Å²) >= 11 is 0. The lowest BCUT2D eigenvalue weighted by atomic mass is 10.1. The Bertz CT molecular complexity index is 896. The molecule has 1 amide bonds. The Hall–Kier alpha value is -2.28. The van der Waals surface area contributed by atoms with Gasteiger partial charge < -0.3 is 19.9 Å².